The number of hydrogen-bond acceptors (Lipinski definition) is 4. The number of benzene rings is 3. The zero-order valence-corrected chi connectivity index (χ0v) is 25.2. The summed E-state index contributed by atoms with van der Waals surface area (Å²) in [5.41, 5.74) is 6.58. The van der Waals surface area contributed by atoms with E-state index in [9.17, 15) is 14.4 Å². The molecular weight excluding hydrogens is 594 g/mol. The van der Waals surface area contributed by atoms with E-state index >= 15 is 0 Å². The summed E-state index contributed by atoms with van der Waals surface area (Å²) in [5.74, 6) is -0.277. The number of aryl methyl sites for hydroxylation is 1. The summed E-state index contributed by atoms with van der Waals surface area (Å²) in [4.78, 5) is 42.0. The number of carbonyl (C=O) groups excluding carboxylic acids is 2. The average Bonchev–Trinajstić information content (AvgIpc) is 3.41. The summed E-state index contributed by atoms with van der Waals surface area (Å²) in [6.07, 6.45) is 2.78. The zero-order chi connectivity index (χ0) is 29.5. The molecule has 0 saturated heterocycles. The van der Waals surface area contributed by atoms with E-state index in [1.54, 1.807) is 42.1 Å². The molecule has 2 aromatic heterocycles. The molecule has 9 heteroatoms. The highest BCUT2D eigenvalue weighted by Crippen LogP contribution is 2.28. The number of amides is 2. The van der Waals surface area contributed by atoms with Crippen molar-refractivity contribution in [1.29, 1.82) is 0 Å². The molecule has 2 amide bonds. The molecule has 6 rings (SSSR count). The molecule has 1 aliphatic rings. The van der Waals surface area contributed by atoms with Gasteiger partial charge in [-0.1, -0.05) is 46.3 Å². The quantitative estimate of drug-likeness (QED) is 0.295. The van der Waals surface area contributed by atoms with E-state index in [4.69, 9.17) is 5.10 Å². The van der Waals surface area contributed by atoms with Crippen molar-refractivity contribution in [2.45, 2.75) is 39.3 Å². The minimum Gasteiger partial charge on any atom is -0.355 e. The Hall–Kier alpha value is -4.50. The van der Waals surface area contributed by atoms with Crippen LogP contribution in [-0.4, -0.2) is 44.0 Å². The van der Waals surface area contributed by atoms with Crippen LogP contribution in [0, 0.1) is 6.92 Å². The third kappa shape index (κ3) is 4.83. The third-order valence-corrected chi connectivity index (χ3v) is 8.85. The van der Waals surface area contributed by atoms with Crippen molar-refractivity contribution >= 4 is 33.4 Å². The Balaban J connectivity index is 1.51. The Kier molecular flexibility index (Phi) is 7.28. The molecule has 1 aliphatic heterocycles. The van der Waals surface area contributed by atoms with Crippen LogP contribution in [0.25, 0.3) is 11.3 Å². The number of hydrogen-bond donors (Lipinski definition) is 1. The number of nitrogens with zero attached hydrogens (tertiary/aromatic N) is 4. The Labute approximate surface area is 251 Å². The van der Waals surface area contributed by atoms with E-state index in [0.29, 0.717) is 46.6 Å². The average molecular weight is 625 g/mol. The van der Waals surface area contributed by atoms with E-state index in [0.717, 1.165) is 21.2 Å². The molecule has 0 spiro atoms. The molecule has 42 heavy (non-hydrogen) atoms. The minimum atomic E-state index is -0.196. The summed E-state index contributed by atoms with van der Waals surface area (Å²) in [6.45, 7) is 4.20. The number of carbonyl (C=O) groups is 2. The monoisotopic (exact) mass is 623 g/mol. The number of halogens is 1. The first-order valence-corrected chi connectivity index (χ1v) is 14.6. The highest BCUT2D eigenvalue weighted by Gasteiger charge is 2.33. The summed E-state index contributed by atoms with van der Waals surface area (Å²) >= 11 is 3.52. The fraction of sp³-hybridized carbons (Fsp3) is 0.212. The van der Waals surface area contributed by atoms with Crippen LogP contribution in [0.3, 0.4) is 0 Å². The molecule has 212 valence electrons. The maximum atomic E-state index is 14.3. The molecular formula is C33H30BrN5O3. The Morgan fingerprint density at radius 3 is 2.43 bits per heavy atom. The lowest BCUT2D eigenvalue weighted by molar-refractivity contribution is 0.0651. The van der Waals surface area contributed by atoms with Crippen LogP contribution in [-0.2, 0) is 19.4 Å². The number of fused-ring (bicyclic) bond motifs is 3. The van der Waals surface area contributed by atoms with E-state index in [1.807, 2.05) is 71.8 Å². The SMILES string of the molecule is CNC(=O)c1ccc(-n2c(=O)c3c(n4ncc(Cc5ccccc5)c24)CN(C(=O)c2ccc(Br)c(C)c2)[C@H](C)C3)cc1. The van der Waals surface area contributed by atoms with Gasteiger partial charge in [0, 0.05) is 46.2 Å². The zero-order valence-electron chi connectivity index (χ0n) is 23.6. The molecule has 3 aromatic carbocycles. The topological polar surface area (TPSA) is 88.7 Å². The molecule has 0 radical (unpaired) electrons. The first-order chi connectivity index (χ1) is 20.3. The van der Waals surface area contributed by atoms with Gasteiger partial charge in [0.25, 0.3) is 17.4 Å². The first kappa shape index (κ1) is 27.7. The van der Waals surface area contributed by atoms with Gasteiger partial charge in [0.2, 0.25) is 0 Å². The van der Waals surface area contributed by atoms with Crippen molar-refractivity contribution in [3.05, 3.63) is 133 Å². The van der Waals surface area contributed by atoms with E-state index in [2.05, 4.69) is 21.2 Å². The number of aromatic nitrogens is 3. The van der Waals surface area contributed by atoms with Gasteiger partial charge < -0.3 is 10.2 Å². The highest BCUT2D eigenvalue weighted by molar-refractivity contribution is 9.10. The molecule has 3 heterocycles. The van der Waals surface area contributed by atoms with Gasteiger partial charge in [0.15, 0.2) is 0 Å². The lowest BCUT2D eigenvalue weighted by atomic mass is 9.97. The maximum absolute atomic E-state index is 14.3. The number of rotatable bonds is 5. The van der Waals surface area contributed by atoms with Crippen LogP contribution in [0.4, 0.5) is 0 Å². The van der Waals surface area contributed by atoms with Gasteiger partial charge in [0.1, 0.15) is 5.65 Å². The van der Waals surface area contributed by atoms with Crippen LogP contribution < -0.4 is 10.9 Å². The maximum Gasteiger partial charge on any atom is 0.261 e. The van der Waals surface area contributed by atoms with Gasteiger partial charge in [0.05, 0.1) is 24.1 Å². The first-order valence-electron chi connectivity index (χ1n) is 13.8. The third-order valence-electron chi connectivity index (χ3n) is 7.96. The fourth-order valence-corrected chi connectivity index (χ4v) is 5.93. The molecule has 5 aromatic rings. The van der Waals surface area contributed by atoms with Crippen LogP contribution in [0.1, 0.15) is 55.6 Å². The summed E-state index contributed by atoms with van der Waals surface area (Å²) < 4.78 is 4.46. The Morgan fingerprint density at radius 1 is 1.02 bits per heavy atom. The van der Waals surface area contributed by atoms with Gasteiger partial charge in [-0.2, -0.15) is 5.10 Å². The van der Waals surface area contributed by atoms with Gasteiger partial charge in [-0.3, -0.25) is 19.0 Å². The van der Waals surface area contributed by atoms with Gasteiger partial charge in [-0.05, 0) is 73.9 Å². The van der Waals surface area contributed by atoms with Gasteiger partial charge >= 0.3 is 0 Å². The van der Waals surface area contributed by atoms with E-state index in [-0.39, 0.29) is 30.0 Å². The highest BCUT2D eigenvalue weighted by atomic mass is 79.9. The lowest BCUT2D eigenvalue weighted by Crippen LogP contribution is -2.46. The normalized spacial score (nSPS) is 14.6. The molecule has 1 N–H and O–H groups in total. The van der Waals surface area contributed by atoms with Crippen LogP contribution in [0.5, 0.6) is 0 Å². The van der Waals surface area contributed by atoms with Gasteiger partial charge in [-0.25, -0.2) is 4.52 Å². The smallest absolute Gasteiger partial charge is 0.261 e. The fourth-order valence-electron chi connectivity index (χ4n) is 5.69. The van der Waals surface area contributed by atoms with Crippen LogP contribution >= 0.6 is 15.9 Å². The molecule has 0 aliphatic carbocycles. The standard InChI is InChI=1S/C33H30BrN5O3/c1-20-15-24(11-14-28(20)34)32(41)37-19-29-27(16-21(37)2)33(42)38(26-12-9-23(10-13-26)30(40)35-3)31-25(18-36-39(29)31)17-22-7-5-4-6-8-22/h4-15,18,21H,16-17,19H2,1-3H3,(H,35,40)/t21-/m1/s1. The van der Waals surface area contributed by atoms with Crippen molar-refractivity contribution in [2.24, 2.45) is 0 Å². The molecule has 0 saturated carbocycles. The van der Waals surface area contributed by atoms with Crippen molar-refractivity contribution in [3.63, 3.8) is 0 Å². The Morgan fingerprint density at radius 2 is 1.74 bits per heavy atom. The van der Waals surface area contributed by atoms with Crippen molar-refractivity contribution in [3.8, 4) is 5.69 Å². The second-order valence-corrected chi connectivity index (χ2v) is 11.6. The minimum absolute atomic E-state index is 0.0810. The predicted octanol–water partition coefficient (Wildman–Crippen LogP) is 5.09. The largest absolute Gasteiger partial charge is 0.355 e. The van der Waals surface area contributed by atoms with Crippen LogP contribution in [0.15, 0.2) is 88.3 Å². The van der Waals surface area contributed by atoms with Crippen molar-refractivity contribution < 1.29 is 9.59 Å². The molecule has 1 atom stereocenters. The Bertz CT molecular complexity index is 1890. The lowest BCUT2D eigenvalue weighted by Gasteiger charge is -2.35. The summed E-state index contributed by atoms with van der Waals surface area (Å²) in [7, 11) is 1.59. The van der Waals surface area contributed by atoms with Crippen molar-refractivity contribution in [2.75, 3.05) is 7.05 Å². The molecule has 0 bridgehead atoms. The van der Waals surface area contributed by atoms with Gasteiger partial charge in [-0.15, -0.1) is 0 Å². The molecule has 0 unspecified atom stereocenters. The number of nitrogens with one attached hydrogen (secondary N) is 1. The second-order valence-electron chi connectivity index (χ2n) is 10.7. The second kappa shape index (κ2) is 11.1. The summed E-state index contributed by atoms with van der Waals surface area (Å²) in [5, 5.41) is 7.41. The van der Waals surface area contributed by atoms with Crippen molar-refractivity contribution in [1.82, 2.24) is 24.4 Å². The predicted molar refractivity (Wildman–Crippen MR) is 165 cm³/mol. The van der Waals surface area contributed by atoms with Crippen LogP contribution in [0.2, 0.25) is 0 Å². The molecule has 0 fully saturated rings. The molecule has 8 nitrogen and oxygen atoms in total. The van der Waals surface area contributed by atoms with E-state index < -0.39 is 0 Å². The van der Waals surface area contributed by atoms with E-state index in [1.165, 1.54) is 0 Å². The summed E-state index contributed by atoms with van der Waals surface area (Å²) in [6, 6.07) is 22.5.